The number of carbonyl (C=O) groups is 2. The Morgan fingerprint density at radius 1 is 1.27 bits per heavy atom. The third-order valence-corrected chi connectivity index (χ3v) is 7.15. The van der Waals surface area contributed by atoms with Crippen molar-refractivity contribution in [1.82, 2.24) is 4.90 Å². The van der Waals surface area contributed by atoms with Gasteiger partial charge in [0.25, 0.3) is 5.91 Å². The zero-order chi connectivity index (χ0) is 21.9. The van der Waals surface area contributed by atoms with Crippen molar-refractivity contribution in [3.63, 3.8) is 0 Å². The topological polar surface area (TPSA) is 92.8 Å². The summed E-state index contributed by atoms with van der Waals surface area (Å²) in [7, 11) is -3.43. The van der Waals surface area contributed by atoms with Crippen LogP contribution in [0.3, 0.4) is 0 Å². The molecule has 0 unspecified atom stereocenters. The molecule has 1 aliphatic heterocycles. The third kappa shape index (κ3) is 4.91. The summed E-state index contributed by atoms with van der Waals surface area (Å²) in [5.41, 5.74) is 1.57. The van der Waals surface area contributed by atoms with Gasteiger partial charge in [0.1, 0.15) is 5.00 Å². The number of sulfone groups is 1. The Bertz CT molecular complexity index is 1060. The zero-order valence-electron chi connectivity index (χ0n) is 17.4. The van der Waals surface area contributed by atoms with E-state index in [1.54, 1.807) is 13.0 Å². The summed E-state index contributed by atoms with van der Waals surface area (Å²) in [6.45, 7) is 6.69. The number of rotatable bonds is 7. The largest absolute Gasteiger partial charge is 0.462 e. The Labute approximate surface area is 181 Å². The molecule has 7 nitrogen and oxygen atoms in total. The number of ether oxygens (including phenoxy) is 1. The van der Waals surface area contributed by atoms with Crippen LogP contribution >= 0.6 is 11.3 Å². The minimum absolute atomic E-state index is 0.0708. The van der Waals surface area contributed by atoms with Crippen LogP contribution in [0.15, 0.2) is 29.2 Å². The first-order valence-electron chi connectivity index (χ1n) is 9.90. The van der Waals surface area contributed by atoms with Crippen LogP contribution in [0.25, 0.3) is 0 Å². The van der Waals surface area contributed by atoms with Crippen molar-refractivity contribution >= 4 is 38.1 Å². The smallest absolute Gasteiger partial charge is 0.341 e. The van der Waals surface area contributed by atoms with Gasteiger partial charge in [0.15, 0.2) is 9.84 Å². The number of nitrogens with zero attached hydrogens (tertiary/aromatic N) is 1. The summed E-state index contributed by atoms with van der Waals surface area (Å²) in [5.74, 6) is -0.908. The SMILES string of the molecule is CCCN1CCc2c(sc(NC(=O)c3cccc(S(C)(=O)=O)c3)c2C(=O)OCC)C1. The predicted octanol–water partition coefficient (Wildman–Crippen LogP) is 3.35. The second kappa shape index (κ2) is 9.28. The number of anilines is 1. The molecule has 3 rings (SSSR count). The Kier molecular flexibility index (Phi) is 6.95. The van der Waals surface area contributed by atoms with Gasteiger partial charge in [-0.3, -0.25) is 9.69 Å². The number of hydrogen-bond acceptors (Lipinski definition) is 7. The van der Waals surface area contributed by atoms with Crippen molar-refractivity contribution in [1.29, 1.82) is 0 Å². The fraction of sp³-hybridized carbons (Fsp3) is 0.429. The molecule has 162 valence electrons. The number of nitrogens with one attached hydrogen (secondary N) is 1. The summed E-state index contributed by atoms with van der Waals surface area (Å²) in [6, 6.07) is 5.86. The van der Waals surface area contributed by atoms with Gasteiger partial charge in [0, 0.05) is 29.8 Å². The van der Waals surface area contributed by atoms with Crippen LogP contribution in [0, 0.1) is 0 Å². The van der Waals surface area contributed by atoms with Crippen molar-refractivity contribution in [2.24, 2.45) is 0 Å². The van der Waals surface area contributed by atoms with Crippen molar-refractivity contribution in [2.45, 2.75) is 38.1 Å². The number of fused-ring (bicyclic) bond motifs is 1. The van der Waals surface area contributed by atoms with E-state index in [-0.39, 0.29) is 17.1 Å². The number of esters is 1. The number of carbonyl (C=O) groups excluding carboxylic acids is 2. The van der Waals surface area contributed by atoms with Gasteiger partial charge in [0.2, 0.25) is 0 Å². The minimum atomic E-state index is -3.43. The highest BCUT2D eigenvalue weighted by Crippen LogP contribution is 2.38. The molecule has 0 saturated heterocycles. The number of benzene rings is 1. The normalized spacial score (nSPS) is 14.2. The van der Waals surface area contributed by atoms with Crippen molar-refractivity contribution in [3.05, 3.63) is 45.8 Å². The molecule has 0 saturated carbocycles. The van der Waals surface area contributed by atoms with Gasteiger partial charge in [0.05, 0.1) is 17.1 Å². The second-order valence-corrected chi connectivity index (χ2v) is 10.3. The van der Waals surface area contributed by atoms with E-state index in [9.17, 15) is 18.0 Å². The van der Waals surface area contributed by atoms with Crippen LogP contribution < -0.4 is 5.32 Å². The lowest BCUT2D eigenvalue weighted by Gasteiger charge is -2.26. The van der Waals surface area contributed by atoms with E-state index in [0.717, 1.165) is 49.2 Å². The highest BCUT2D eigenvalue weighted by Gasteiger charge is 2.29. The molecule has 30 heavy (non-hydrogen) atoms. The average Bonchev–Trinajstić information content (AvgIpc) is 3.05. The van der Waals surface area contributed by atoms with Gasteiger partial charge < -0.3 is 10.1 Å². The van der Waals surface area contributed by atoms with Crippen LogP contribution in [0.2, 0.25) is 0 Å². The van der Waals surface area contributed by atoms with E-state index in [1.165, 1.54) is 29.5 Å². The number of thiophene rings is 1. The highest BCUT2D eigenvalue weighted by atomic mass is 32.2. The van der Waals surface area contributed by atoms with Crippen molar-refractivity contribution in [3.8, 4) is 0 Å². The molecule has 0 atom stereocenters. The summed E-state index contributed by atoms with van der Waals surface area (Å²) in [4.78, 5) is 28.9. The molecule has 0 spiro atoms. The van der Waals surface area contributed by atoms with Gasteiger partial charge in [-0.1, -0.05) is 13.0 Å². The van der Waals surface area contributed by atoms with E-state index in [1.807, 2.05) is 0 Å². The molecule has 0 aliphatic carbocycles. The molecule has 9 heteroatoms. The monoisotopic (exact) mass is 450 g/mol. The van der Waals surface area contributed by atoms with Crippen LogP contribution in [-0.4, -0.2) is 51.1 Å². The maximum absolute atomic E-state index is 12.8. The standard InChI is InChI=1S/C21H26N2O5S2/c1-4-10-23-11-9-16-17(13-23)29-20(18(16)21(25)28-5-2)22-19(24)14-7-6-8-15(12-14)30(3,26)27/h6-8,12H,4-5,9-11,13H2,1-3H3,(H,22,24). The van der Waals surface area contributed by atoms with Gasteiger partial charge in [-0.05, 0) is 50.1 Å². The molecule has 0 fully saturated rings. The van der Waals surface area contributed by atoms with Gasteiger partial charge in [-0.15, -0.1) is 11.3 Å². The van der Waals surface area contributed by atoms with Crippen molar-refractivity contribution in [2.75, 3.05) is 31.3 Å². The van der Waals surface area contributed by atoms with Gasteiger partial charge >= 0.3 is 5.97 Å². The maximum atomic E-state index is 12.8. The highest BCUT2D eigenvalue weighted by molar-refractivity contribution is 7.90. The molecule has 1 aromatic heterocycles. The quantitative estimate of drug-likeness (QED) is 0.651. The van der Waals surface area contributed by atoms with Crippen LogP contribution in [0.1, 0.15) is 51.4 Å². The van der Waals surface area contributed by atoms with E-state index >= 15 is 0 Å². The third-order valence-electron chi connectivity index (χ3n) is 4.91. The lowest BCUT2D eigenvalue weighted by Crippen LogP contribution is -2.30. The molecule has 0 bridgehead atoms. The summed E-state index contributed by atoms with van der Waals surface area (Å²) in [6.07, 6.45) is 2.86. The molecule has 1 amide bonds. The predicted molar refractivity (Wildman–Crippen MR) is 117 cm³/mol. The summed E-state index contributed by atoms with van der Waals surface area (Å²) in [5, 5.41) is 3.26. The van der Waals surface area contributed by atoms with Gasteiger partial charge in [-0.25, -0.2) is 13.2 Å². The van der Waals surface area contributed by atoms with E-state index in [0.29, 0.717) is 10.6 Å². The summed E-state index contributed by atoms with van der Waals surface area (Å²) >= 11 is 1.39. The van der Waals surface area contributed by atoms with Gasteiger partial charge in [-0.2, -0.15) is 0 Å². The molecule has 1 aliphatic rings. The lowest BCUT2D eigenvalue weighted by atomic mass is 10.0. The first kappa shape index (κ1) is 22.5. The number of hydrogen-bond donors (Lipinski definition) is 1. The Balaban J connectivity index is 1.93. The second-order valence-electron chi connectivity index (χ2n) is 7.21. The van der Waals surface area contributed by atoms with E-state index < -0.39 is 21.7 Å². The fourth-order valence-electron chi connectivity index (χ4n) is 3.51. The lowest BCUT2D eigenvalue weighted by molar-refractivity contribution is 0.0526. The van der Waals surface area contributed by atoms with E-state index in [4.69, 9.17) is 4.74 Å². The molecule has 0 radical (unpaired) electrons. The first-order chi connectivity index (χ1) is 14.2. The van der Waals surface area contributed by atoms with Crippen LogP contribution in [-0.2, 0) is 27.5 Å². The Morgan fingerprint density at radius 2 is 2.03 bits per heavy atom. The molecular weight excluding hydrogens is 424 g/mol. The average molecular weight is 451 g/mol. The zero-order valence-corrected chi connectivity index (χ0v) is 19.0. The molecular formula is C21H26N2O5S2. The summed E-state index contributed by atoms with van der Waals surface area (Å²) < 4.78 is 28.8. The van der Waals surface area contributed by atoms with E-state index in [2.05, 4.69) is 17.1 Å². The van der Waals surface area contributed by atoms with Crippen LogP contribution in [0.4, 0.5) is 5.00 Å². The molecule has 1 aromatic carbocycles. The fourth-order valence-corrected chi connectivity index (χ4v) is 5.45. The molecule has 1 N–H and O–H groups in total. The molecule has 2 aromatic rings. The van der Waals surface area contributed by atoms with Crippen LogP contribution in [0.5, 0.6) is 0 Å². The van der Waals surface area contributed by atoms with Crippen molar-refractivity contribution < 1.29 is 22.7 Å². The first-order valence-corrected chi connectivity index (χ1v) is 12.6. The minimum Gasteiger partial charge on any atom is -0.462 e. The number of amides is 1. The Morgan fingerprint density at radius 3 is 2.70 bits per heavy atom. The Hall–Kier alpha value is -2.23. The molecule has 2 heterocycles. The maximum Gasteiger partial charge on any atom is 0.341 e.